The molecule has 0 radical (unpaired) electrons. The lowest BCUT2D eigenvalue weighted by Gasteiger charge is -2.33. The van der Waals surface area contributed by atoms with Gasteiger partial charge in [0, 0.05) is 6.54 Å². The Labute approximate surface area is 120 Å². The van der Waals surface area contributed by atoms with E-state index in [0.717, 1.165) is 44.9 Å². The zero-order valence-electron chi connectivity index (χ0n) is 12.1. The van der Waals surface area contributed by atoms with Crippen molar-refractivity contribution in [1.29, 1.82) is 0 Å². The Bertz CT molecular complexity index is 336. The molecule has 0 aliphatic heterocycles. The molecule has 1 aliphatic carbocycles. The van der Waals surface area contributed by atoms with E-state index < -0.39 is 11.5 Å². The Morgan fingerprint density at radius 1 is 1.15 bits per heavy atom. The van der Waals surface area contributed by atoms with Crippen molar-refractivity contribution in [3.63, 3.8) is 0 Å². The fourth-order valence-corrected chi connectivity index (χ4v) is 2.60. The molecule has 1 fully saturated rings. The maximum Gasteiger partial charge on any atom is 0.329 e. The second-order valence-electron chi connectivity index (χ2n) is 5.47. The smallest absolute Gasteiger partial charge is 0.329 e. The molecular formula is C15H26N2O3. The van der Waals surface area contributed by atoms with Gasteiger partial charge in [0.05, 0.1) is 0 Å². The zero-order chi connectivity index (χ0) is 14.8. The summed E-state index contributed by atoms with van der Waals surface area (Å²) in [6, 6.07) is -0.363. The van der Waals surface area contributed by atoms with Crippen LogP contribution in [0.15, 0.2) is 12.7 Å². The van der Waals surface area contributed by atoms with Gasteiger partial charge in [-0.1, -0.05) is 31.8 Å². The van der Waals surface area contributed by atoms with Crippen LogP contribution in [0.5, 0.6) is 0 Å². The summed E-state index contributed by atoms with van der Waals surface area (Å²) in [5, 5.41) is 14.8. The van der Waals surface area contributed by atoms with E-state index in [2.05, 4.69) is 17.2 Å². The maximum atomic E-state index is 11.8. The highest BCUT2D eigenvalue weighted by molar-refractivity contribution is 5.86. The number of carbonyl (C=O) groups excluding carboxylic acids is 1. The average Bonchev–Trinajstić information content (AvgIpc) is 2.43. The molecule has 5 nitrogen and oxygen atoms in total. The van der Waals surface area contributed by atoms with Gasteiger partial charge in [-0.2, -0.15) is 0 Å². The van der Waals surface area contributed by atoms with Crippen LogP contribution in [-0.4, -0.2) is 29.2 Å². The summed E-state index contributed by atoms with van der Waals surface area (Å²) in [4.78, 5) is 23.2. The van der Waals surface area contributed by atoms with Crippen molar-refractivity contribution in [2.75, 3.05) is 6.54 Å². The van der Waals surface area contributed by atoms with Crippen molar-refractivity contribution in [2.24, 2.45) is 0 Å². The number of unbranched alkanes of at least 4 members (excludes halogenated alkanes) is 3. The van der Waals surface area contributed by atoms with E-state index in [1.54, 1.807) is 0 Å². The number of urea groups is 1. The number of carboxylic acids is 1. The summed E-state index contributed by atoms with van der Waals surface area (Å²) >= 11 is 0. The van der Waals surface area contributed by atoms with Crippen molar-refractivity contribution in [3.8, 4) is 0 Å². The summed E-state index contributed by atoms with van der Waals surface area (Å²) in [6.45, 7) is 4.24. The number of allylic oxidation sites excluding steroid dienone is 1. The quantitative estimate of drug-likeness (QED) is 0.473. The van der Waals surface area contributed by atoms with E-state index in [4.69, 9.17) is 0 Å². The first kappa shape index (κ1) is 16.5. The molecule has 0 bridgehead atoms. The Morgan fingerprint density at radius 3 is 2.45 bits per heavy atom. The third-order valence-electron chi connectivity index (χ3n) is 3.84. The largest absolute Gasteiger partial charge is 0.480 e. The molecule has 0 aromatic heterocycles. The lowest BCUT2D eigenvalue weighted by molar-refractivity contribution is -0.145. The van der Waals surface area contributed by atoms with Gasteiger partial charge >= 0.3 is 12.0 Å². The number of amides is 2. The third-order valence-corrected chi connectivity index (χ3v) is 3.84. The molecule has 0 spiro atoms. The van der Waals surface area contributed by atoms with E-state index in [1.807, 2.05) is 6.08 Å². The molecular weight excluding hydrogens is 256 g/mol. The highest BCUT2D eigenvalue weighted by atomic mass is 16.4. The number of carbonyl (C=O) groups is 2. The summed E-state index contributed by atoms with van der Waals surface area (Å²) in [5.41, 5.74) is -1.06. The molecule has 114 valence electrons. The molecule has 2 amide bonds. The highest BCUT2D eigenvalue weighted by Gasteiger charge is 2.40. The maximum absolute atomic E-state index is 11.8. The standard InChI is InChI=1S/C15H26N2O3/c1-2-3-4-5-9-12-16-14(20)17-15(13(18)19)10-7-6-8-11-15/h2H,1,3-12H2,(H,18,19)(H2,16,17,20). The average molecular weight is 282 g/mol. The Kier molecular flexibility index (Phi) is 7.12. The monoisotopic (exact) mass is 282 g/mol. The molecule has 0 unspecified atom stereocenters. The molecule has 0 heterocycles. The molecule has 0 aromatic carbocycles. The molecule has 1 saturated carbocycles. The number of nitrogens with one attached hydrogen (secondary N) is 2. The fraction of sp³-hybridized carbons (Fsp3) is 0.733. The van der Waals surface area contributed by atoms with Crippen LogP contribution in [0.2, 0.25) is 0 Å². The number of aliphatic carboxylic acids is 1. The number of hydrogen-bond acceptors (Lipinski definition) is 2. The summed E-state index contributed by atoms with van der Waals surface area (Å²) in [7, 11) is 0. The SMILES string of the molecule is C=CCCCCCNC(=O)NC1(C(=O)O)CCCCC1. The van der Waals surface area contributed by atoms with Gasteiger partial charge < -0.3 is 15.7 Å². The molecule has 1 aliphatic rings. The van der Waals surface area contributed by atoms with Crippen LogP contribution >= 0.6 is 0 Å². The Hall–Kier alpha value is -1.52. The predicted octanol–water partition coefficient (Wildman–Crippen LogP) is 2.82. The van der Waals surface area contributed by atoms with Gasteiger partial charge in [0.25, 0.3) is 0 Å². The fourth-order valence-electron chi connectivity index (χ4n) is 2.60. The lowest BCUT2D eigenvalue weighted by atomic mass is 9.82. The predicted molar refractivity (Wildman–Crippen MR) is 78.7 cm³/mol. The van der Waals surface area contributed by atoms with E-state index in [0.29, 0.717) is 19.4 Å². The van der Waals surface area contributed by atoms with E-state index in [-0.39, 0.29) is 6.03 Å². The minimum absolute atomic E-state index is 0.363. The topological polar surface area (TPSA) is 78.4 Å². The van der Waals surface area contributed by atoms with Crippen molar-refractivity contribution >= 4 is 12.0 Å². The van der Waals surface area contributed by atoms with Crippen LogP contribution in [0.25, 0.3) is 0 Å². The van der Waals surface area contributed by atoms with Crippen LogP contribution in [0.1, 0.15) is 57.8 Å². The molecule has 0 saturated heterocycles. The number of rotatable bonds is 8. The van der Waals surface area contributed by atoms with Gasteiger partial charge in [0.2, 0.25) is 0 Å². The number of carboxylic acid groups (broad SMARTS) is 1. The molecule has 0 atom stereocenters. The van der Waals surface area contributed by atoms with Crippen LogP contribution in [0.3, 0.4) is 0 Å². The first-order chi connectivity index (χ1) is 9.60. The van der Waals surface area contributed by atoms with Gasteiger partial charge in [-0.3, -0.25) is 0 Å². The van der Waals surface area contributed by atoms with Gasteiger partial charge in [-0.05, 0) is 32.1 Å². The summed E-state index contributed by atoms with van der Waals surface area (Å²) in [5.74, 6) is -0.918. The van der Waals surface area contributed by atoms with E-state index in [9.17, 15) is 14.7 Å². The molecule has 5 heteroatoms. The Morgan fingerprint density at radius 2 is 1.85 bits per heavy atom. The second-order valence-corrected chi connectivity index (χ2v) is 5.47. The van der Waals surface area contributed by atoms with Gasteiger partial charge in [-0.15, -0.1) is 6.58 Å². The van der Waals surface area contributed by atoms with Gasteiger partial charge in [0.1, 0.15) is 5.54 Å². The van der Waals surface area contributed by atoms with E-state index in [1.165, 1.54) is 0 Å². The van der Waals surface area contributed by atoms with Gasteiger partial charge in [-0.25, -0.2) is 9.59 Å². The Balaban J connectivity index is 2.28. The second kappa shape index (κ2) is 8.61. The molecule has 1 rings (SSSR count). The van der Waals surface area contributed by atoms with Crippen molar-refractivity contribution in [3.05, 3.63) is 12.7 Å². The minimum Gasteiger partial charge on any atom is -0.480 e. The molecule has 0 aromatic rings. The molecule has 20 heavy (non-hydrogen) atoms. The highest BCUT2D eigenvalue weighted by Crippen LogP contribution is 2.28. The third kappa shape index (κ3) is 5.23. The lowest BCUT2D eigenvalue weighted by Crippen LogP contribution is -2.58. The first-order valence-electron chi connectivity index (χ1n) is 7.51. The zero-order valence-corrected chi connectivity index (χ0v) is 12.1. The summed E-state index contributed by atoms with van der Waals surface area (Å²) in [6.07, 6.45) is 9.70. The van der Waals surface area contributed by atoms with Crippen LogP contribution in [0.4, 0.5) is 4.79 Å². The van der Waals surface area contributed by atoms with Gasteiger partial charge in [0.15, 0.2) is 0 Å². The minimum atomic E-state index is -1.06. The number of hydrogen-bond donors (Lipinski definition) is 3. The molecule has 3 N–H and O–H groups in total. The van der Waals surface area contributed by atoms with Crippen LogP contribution in [0, 0.1) is 0 Å². The van der Waals surface area contributed by atoms with Crippen molar-refractivity contribution in [1.82, 2.24) is 10.6 Å². The first-order valence-corrected chi connectivity index (χ1v) is 7.51. The summed E-state index contributed by atoms with van der Waals surface area (Å²) < 4.78 is 0. The normalized spacial score (nSPS) is 17.2. The van der Waals surface area contributed by atoms with Crippen LogP contribution < -0.4 is 10.6 Å². The van der Waals surface area contributed by atoms with Crippen molar-refractivity contribution < 1.29 is 14.7 Å². The van der Waals surface area contributed by atoms with Crippen LogP contribution in [-0.2, 0) is 4.79 Å². The van der Waals surface area contributed by atoms with E-state index >= 15 is 0 Å². The van der Waals surface area contributed by atoms with Crippen molar-refractivity contribution in [2.45, 2.75) is 63.3 Å².